The number of aliphatic carboxylic acids is 1. The van der Waals surface area contributed by atoms with Crippen LogP contribution in [-0.4, -0.2) is 22.7 Å². The van der Waals surface area contributed by atoms with Gasteiger partial charge in [-0.2, -0.15) is 13.2 Å². The van der Waals surface area contributed by atoms with Crippen LogP contribution in [0.15, 0.2) is 42.5 Å². The monoisotopic (exact) mass is 477 g/mol. The number of carboxylic acids is 1. The zero-order chi connectivity index (χ0) is 24.0. The van der Waals surface area contributed by atoms with Crippen LogP contribution in [0.4, 0.5) is 13.2 Å². The Morgan fingerprint density at radius 1 is 1.09 bits per heavy atom. The number of hydrogen-bond acceptors (Lipinski definition) is 4. The van der Waals surface area contributed by atoms with Crippen LogP contribution in [0.2, 0.25) is 0 Å². The quantitative estimate of drug-likeness (QED) is 0.352. The Hall–Kier alpha value is -2.87. The van der Waals surface area contributed by atoms with E-state index in [2.05, 4.69) is 6.92 Å². The highest BCUT2D eigenvalue weighted by Crippen LogP contribution is 2.33. The molecule has 0 radical (unpaired) electrons. The molecule has 176 valence electrons. The molecule has 1 aromatic heterocycles. The highest BCUT2D eigenvalue weighted by Gasteiger charge is 2.30. The zero-order valence-electron chi connectivity index (χ0n) is 18.5. The summed E-state index contributed by atoms with van der Waals surface area (Å²) in [6, 6.07) is 10.7. The molecule has 1 heterocycles. The number of aromatic nitrogens is 1. The van der Waals surface area contributed by atoms with Gasteiger partial charge in [0.05, 0.1) is 17.9 Å². The van der Waals surface area contributed by atoms with Gasteiger partial charge in [0, 0.05) is 23.3 Å². The molecule has 0 fully saturated rings. The summed E-state index contributed by atoms with van der Waals surface area (Å²) in [4.78, 5) is 16.6. The molecular weight excluding hydrogens is 451 g/mol. The molecule has 1 N–H and O–H groups in total. The summed E-state index contributed by atoms with van der Waals surface area (Å²) in [5, 5.41) is 9.56. The summed E-state index contributed by atoms with van der Waals surface area (Å²) in [7, 11) is 0. The summed E-state index contributed by atoms with van der Waals surface area (Å²) in [5.74, 6) is -0.113. The van der Waals surface area contributed by atoms with Gasteiger partial charge in [-0.25, -0.2) is 4.98 Å². The summed E-state index contributed by atoms with van der Waals surface area (Å²) >= 11 is 1.51. The summed E-state index contributed by atoms with van der Waals surface area (Å²) in [6.45, 7) is 4.42. The summed E-state index contributed by atoms with van der Waals surface area (Å²) in [6.07, 6.45) is -1.40. The number of ether oxygens (including phenoxy) is 1. The predicted molar refractivity (Wildman–Crippen MR) is 123 cm³/mol. The van der Waals surface area contributed by atoms with Gasteiger partial charge in [0.25, 0.3) is 0 Å². The number of aryl methyl sites for hydroxylation is 3. The van der Waals surface area contributed by atoms with Crippen molar-refractivity contribution < 1.29 is 27.8 Å². The van der Waals surface area contributed by atoms with Crippen LogP contribution in [0.1, 0.15) is 47.0 Å². The SMILES string of the molecule is CCCc1sc(-c2ccc(C(F)(F)F)cc2)nc1CCOc1ccc(CCC(=O)O)c(C)c1. The molecule has 33 heavy (non-hydrogen) atoms. The fraction of sp³-hybridized carbons (Fsp3) is 0.360. The maximum atomic E-state index is 12.8. The van der Waals surface area contributed by atoms with Crippen LogP contribution in [-0.2, 0) is 30.2 Å². The molecule has 0 aliphatic rings. The molecule has 0 bridgehead atoms. The van der Waals surface area contributed by atoms with Crippen LogP contribution in [0.5, 0.6) is 5.75 Å². The molecule has 0 saturated carbocycles. The normalized spacial score (nSPS) is 11.5. The number of alkyl halides is 3. The van der Waals surface area contributed by atoms with E-state index in [1.165, 1.54) is 23.5 Å². The Kier molecular flexibility index (Phi) is 8.13. The lowest BCUT2D eigenvalue weighted by atomic mass is 10.0. The minimum atomic E-state index is -4.36. The van der Waals surface area contributed by atoms with Crippen molar-refractivity contribution in [1.82, 2.24) is 4.98 Å². The lowest BCUT2D eigenvalue weighted by molar-refractivity contribution is -0.138. The van der Waals surface area contributed by atoms with Gasteiger partial charge in [-0.3, -0.25) is 4.79 Å². The molecule has 3 rings (SSSR count). The van der Waals surface area contributed by atoms with Gasteiger partial charge in [0.2, 0.25) is 0 Å². The lowest BCUT2D eigenvalue weighted by Crippen LogP contribution is -2.05. The van der Waals surface area contributed by atoms with Crippen LogP contribution in [0.25, 0.3) is 10.6 Å². The Morgan fingerprint density at radius 3 is 2.42 bits per heavy atom. The maximum absolute atomic E-state index is 12.8. The molecule has 8 heteroatoms. The van der Waals surface area contributed by atoms with Crippen molar-refractivity contribution in [3.05, 3.63) is 69.7 Å². The maximum Gasteiger partial charge on any atom is 0.416 e. The Bertz CT molecular complexity index is 1090. The van der Waals surface area contributed by atoms with Crippen molar-refractivity contribution in [2.24, 2.45) is 0 Å². The molecule has 0 saturated heterocycles. The first kappa shape index (κ1) is 24.8. The van der Waals surface area contributed by atoms with Crippen molar-refractivity contribution >= 4 is 17.3 Å². The average Bonchev–Trinajstić information content (AvgIpc) is 3.15. The fourth-order valence-corrected chi connectivity index (χ4v) is 4.69. The summed E-state index contributed by atoms with van der Waals surface area (Å²) in [5.41, 5.74) is 2.88. The van der Waals surface area contributed by atoms with E-state index < -0.39 is 17.7 Å². The van der Waals surface area contributed by atoms with Crippen molar-refractivity contribution in [1.29, 1.82) is 0 Å². The molecule has 0 amide bonds. The Balaban J connectivity index is 1.67. The van der Waals surface area contributed by atoms with Crippen molar-refractivity contribution in [3.8, 4) is 16.3 Å². The Morgan fingerprint density at radius 2 is 1.82 bits per heavy atom. The third-order valence-corrected chi connectivity index (χ3v) is 6.45. The van der Waals surface area contributed by atoms with E-state index in [1.807, 2.05) is 25.1 Å². The molecule has 0 atom stereocenters. The van der Waals surface area contributed by atoms with E-state index in [0.29, 0.717) is 35.8 Å². The van der Waals surface area contributed by atoms with Crippen LogP contribution < -0.4 is 4.74 Å². The second-order valence-electron chi connectivity index (χ2n) is 7.79. The highest BCUT2D eigenvalue weighted by atomic mass is 32.1. The zero-order valence-corrected chi connectivity index (χ0v) is 19.4. The third kappa shape index (κ3) is 6.81. The first-order valence-corrected chi connectivity index (χ1v) is 11.6. The molecule has 3 aromatic rings. The van der Waals surface area contributed by atoms with Crippen LogP contribution in [0.3, 0.4) is 0 Å². The van der Waals surface area contributed by atoms with Crippen molar-refractivity contribution in [3.63, 3.8) is 0 Å². The number of halogens is 3. The second kappa shape index (κ2) is 10.8. The van der Waals surface area contributed by atoms with Crippen LogP contribution in [0, 0.1) is 6.92 Å². The lowest BCUT2D eigenvalue weighted by Gasteiger charge is -2.10. The van der Waals surface area contributed by atoms with E-state index in [4.69, 9.17) is 14.8 Å². The number of rotatable bonds is 10. The van der Waals surface area contributed by atoms with Gasteiger partial charge in [-0.15, -0.1) is 11.3 Å². The number of thiazole rings is 1. The smallest absolute Gasteiger partial charge is 0.416 e. The number of carboxylic acid groups (broad SMARTS) is 1. The van der Waals surface area contributed by atoms with Crippen molar-refractivity contribution in [2.45, 2.75) is 52.1 Å². The van der Waals surface area contributed by atoms with Gasteiger partial charge in [0.1, 0.15) is 10.8 Å². The van der Waals surface area contributed by atoms with E-state index in [1.54, 1.807) is 0 Å². The van der Waals surface area contributed by atoms with Gasteiger partial charge >= 0.3 is 12.1 Å². The average molecular weight is 478 g/mol. The predicted octanol–water partition coefficient (Wildman–Crippen LogP) is 6.73. The molecule has 0 unspecified atom stereocenters. The van der Waals surface area contributed by atoms with Crippen molar-refractivity contribution in [2.75, 3.05) is 6.61 Å². The van der Waals surface area contributed by atoms with E-state index in [-0.39, 0.29) is 6.42 Å². The molecular formula is C25H26F3NO3S. The molecule has 0 aliphatic carbocycles. The minimum absolute atomic E-state index is 0.0896. The van der Waals surface area contributed by atoms with E-state index in [0.717, 1.165) is 46.7 Å². The summed E-state index contributed by atoms with van der Waals surface area (Å²) < 4.78 is 44.4. The number of carbonyl (C=O) groups is 1. The molecule has 2 aromatic carbocycles. The number of hydrogen-bond donors (Lipinski definition) is 1. The largest absolute Gasteiger partial charge is 0.493 e. The topological polar surface area (TPSA) is 59.4 Å². The molecule has 0 aliphatic heterocycles. The molecule has 0 spiro atoms. The number of nitrogens with zero attached hydrogens (tertiary/aromatic N) is 1. The second-order valence-corrected chi connectivity index (χ2v) is 8.88. The van der Waals surface area contributed by atoms with E-state index in [9.17, 15) is 18.0 Å². The first-order valence-electron chi connectivity index (χ1n) is 10.8. The van der Waals surface area contributed by atoms with Gasteiger partial charge in [0.15, 0.2) is 0 Å². The highest BCUT2D eigenvalue weighted by molar-refractivity contribution is 7.15. The van der Waals surface area contributed by atoms with E-state index >= 15 is 0 Å². The molecule has 4 nitrogen and oxygen atoms in total. The third-order valence-electron chi connectivity index (χ3n) is 5.24. The number of benzene rings is 2. The van der Waals surface area contributed by atoms with Gasteiger partial charge in [-0.05, 0) is 55.2 Å². The first-order chi connectivity index (χ1) is 15.7. The minimum Gasteiger partial charge on any atom is -0.493 e. The fourth-order valence-electron chi connectivity index (χ4n) is 3.47. The standard InChI is InChI=1S/C25H26F3NO3S/c1-3-4-22-21(29-24(33-22)18-5-9-19(10-6-18)25(26,27)28)13-14-32-20-11-7-17(16(2)15-20)8-12-23(30)31/h5-7,9-11,15H,3-4,8,12-14H2,1-2H3,(H,30,31). The van der Waals surface area contributed by atoms with Gasteiger partial charge < -0.3 is 9.84 Å². The van der Waals surface area contributed by atoms with Crippen LogP contribution >= 0.6 is 11.3 Å². The van der Waals surface area contributed by atoms with Gasteiger partial charge in [-0.1, -0.05) is 31.5 Å². The Labute approximate surface area is 195 Å².